The lowest BCUT2D eigenvalue weighted by Gasteiger charge is -2.29. The highest BCUT2D eigenvalue weighted by molar-refractivity contribution is 5.27. The zero-order valence-electron chi connectivity index (χ0n) is 8.93. The van der Waals surface area contributed by atoms with E-state index < -0.39 is 12.2 Å². The molecule has 0 aromatic carbocycles. The van der Waals surface area contributed by atoms with Crippen molar-refractivity contribution in [3.63, 3.8) is 0 Å². The first-order valence-electron chi connectivity index (χ1n) is 5.50. The molecular weight excluding hydrogens is 190 g/mol. The van der Waals surface area contributed by atoms with Crippen LogP contribution >= 0.6 is 0 Å². The minimum absolute atomic E-state index is 0.00468. The van der Waals surface area contributed by atoms with E-state index in [9.17, 15) is 10.2 Å². The van der Waals surface area contributed by atoms with Gasteiger partial charge in [-0.3, -0.25) is 4.98 Å². The van der Waals surface area contributed by atoms with Crippen LogP contribution < -0.4 is 0 Å². The van der Waals surface area contributed by atoms with Crippen molar-refractivity contribution < 1.29 is 10.2 Å². The summed E-state index contributed by atoms with van der Waals surface area (Å²) in [6, 6.07) is 3.99. The van der Waals surface area contributed by atoms with Crippen molar-refractivity contribution in [2.75, 3.05) is 0 Å². The Morgan fingerprint density at radius 3 is 3.00 bits per heavy atom. The second kappa shape index (κ2) is 4.29. The quantitative estimate of drug-likeness (QED) is 0.767. The van der Waals surface area contributed by atoms with Crippen LogP contribution in [-0.4, -0.2) is 27.4 Å². The standard InChI is InChI=1S/C12H17NO2/c1-8(14)12(15)10-6-2-4-9-5-3-7-13-11(9)10/h3,5,7-8,10,12,14-15H,2,4,6H2,1H3. The first-order chi connectivity index (χ1) is 7.20. The molecule has 15 heavy (non-hydrogen) atoms. The lowest BCUT2D eigenvalue weighted by atomic mass is 9.82. The summed E-state index contributed by atoms with van der Waals surface area (Å²) >= 11 is 0. The fourth-order valence-corrected chi connectivity index (χ4v) is 2.31. The maximum atomic E-state index is 9.91. The van der Waals surface area contributed by atoms with Crippen LogP contribution in [0.2, 0.25) is 0 Å². The van der Waals surface area contributed by atoms with Crippen molar-refractivity contribution in [2.24, 2.45) is 0 Å². The average Bonchev–Trinajstić information content (AvgIpc) is 2.27. The van der Waals surface area contributed by atoms with Crippen LogP contribution in [0.15, 0.2) is 18.3 Å². The number of aliphatic hydroxyl groups excluding tert-OH is 2. The molecule has 1 heterocycles. The van der Waals surface area contributed by atoms with Gasteiger partial charge in [0.25, 0.3) is 0 Å². The average molecular weight is 207 g/mol. The van der Waals surface area contributed by atoms with Gasteiger partial charge in [0.05, 0.1) is 12.2 Å². The molecule has 0 aliphatic heterocycles. The topological polar surface area (TPSA) is 53.4 Å². The minimum Gasteiger partial charge on any atom is -0.391 e. The smallest absolute Gasteiger partial charge is 0.0879 e. The van der Waals surface area contributed by atoms with Gasteiger partial charge in [0, 0.05) is 17.8 Å². The van der Waals surface area contributed by atoms with E-state index in [4.69, 9.17) is 0 Å². The predicted molar refractivity (Wildman–Crippen MR) is 57.6 cm³/mol. The molecule has 0 amide bonds. The fourth-order valence-electron chi connectivity index (χ4n) is 2.31. The largest absolute Gasteiger partial charge is 0.391 e. The Hall–Kier alpha value is -0.930. The molecular formula is C12H17NO2. The molecule has 3 heteroatoms. The van der Waals surface area contributed by atoms with Gasteiger partial charge in [0.15, 0.2) is 0 Å². The lowest BCUT2D eigenvalue weighted by molar-refractivity contribution is 0.00898. The molecule has 3 unspecified atom stereocenters. The third kappa shape index (κ3) is 2.03. The second-order valence-electron chi connectivity index (χ2n) is 4.28. The Kier molecular flexibility index (Phi) is 3.03. The van der Waals surface area contributed by atoms with Crippen LogP contribution in [0.1, 0.15) is 36.9 Å². The van der Waals surface area contributed by atoms with Crippen LogP contribution in [-0.2, 0) is 6.42 Å². The third-order valence-electron chi connectivity index (χ3n) is 3.15. The highest BCUT2D eigenvalue weighted by atomic mass is 16.3. The van der Waals surface area contributed by atoms with E-state index in [0.717, 1.165) is 25.0 Å². The summed E-state index contributed by atoms with van der Waals surface area (Å²) in [7, 11) is 0. The number of aryl methyl sites for hydroxylation is 1. The van der Waals surface area contributed by atoms with E-state index in [-0.39, 0.29) is 5.92 Å². The highest BCUT2D eigenvalue weighted by Gasteiger charge is 2.30. The van der Waals surface area contributed by atoms with Crippen LogP contribution in [0.25, 0.3) is 0 Å². The summed E-state index contributed by atoms with van der Waals surface area (Å²) in [5.41, 5.74) is 2.19. The molecule has 0 spiro atoms. The molecule has 1 aliphatic carbocycles. The number of nitrogens with zero attached hydrogens (tertiary/aromatic N) is 1. The van der Waals surface area contributed by atoms with Crippen molar-refractivity contribution >= 4 is 0 Å². The van der Waals surface area contributed by atoms with Crippen LogP contribution in [0.4, 0.5) is 0 Å². The predicted octanol–water partition coefficient (Wildman–Crippen LogP) is 1.24. The van der Waals surface area contributed by atoms with E-state index in [1.807, 2.05) is 6.07 Å². The molecule has 2 rings (SSSR count). The zero-order chi connectivity index (χ0) is 10.8. The van der Waals surface area contributed by atoms with Gasteiger partial charge in [-0.1, -0.05) is 6.07 Å². The molecule has 1 aromatic heterocycles. The van der Waals surface area contributed by atoms with E-state index in [2.05, 4.69) is 11.1 Å². The number of hydrogen-bond acceptors (Lipinski definition) is 3. The SMILES string of the molecule is CC(O)C(O)C1CCCc2cccnc21. The lowest BCUT2D eigenvalue weighted by Crippen LogP contribution is -2.32. The molecule has 2 N–H and O–H groups in total. The number of aliphatic hydroxyl groups is 2. The molecule has 0 bridgehead atoms. The Bertz CT molecular complexity index is 338. The molecule has 82 valence electrons. The van der Waals surface area contributed by atoms with Gasteiger partial charge in [-0.15, -0.1) is 0 Å². The van der Waals surface area contributed by atoms with Crippen molar-refractivity contribution in [3.8, 4) is 0 Å². The zero-order valence-corrected chi connectivity index (χ0v) is 8.93. The summed E-state index contributed by atoms with van der Waals surface area (Å²) < 4.78 is 0. The molecule has 0 saturated heterocycles. The summed E-state index contributed by atoms with van der Waals surface area (Å²) in [4.78, 5) is 4.33. The third-order valence-corrected chi connectivity index (χ3v) is 3.15. The van der Waals surface area contributed by atoms with E-state index in [0.29, 0.717) is 0 Å². The summed E-state index contributed by atoms with van der Waals surface area (Å²) in [6.07, 6.45) is 3.38. The van der Waals surface area contributed by atoms with E-state index >= 15 is 0 Å². The Balaban J connectivity index is 2.29. The Morgan fingerprint density at radius 2 is 2.27 bits per heavy atom. The number of pyridine rings is 1. The van der Waals surface area contributed by atoms with Gasteiger partial charge in [-0.25, -0.2) is 0 Å². The number of rotatable bonds is 2. The van der Waals surface area contributed by atoms with Gasteiger partial charge in [0.2, 0.25) is 0 Å². The first-order valence-corrected chi connectivity index (χ1v) is 5.50. The minimum atomic E-state index is -0.695. The van der Waals surface area contributed by atoms with Crippen LogP contribution in [0.3, 0.4) is 0 Å². The summed E-state index contributed by atoms with van der Waals surface area (Å²) in [5, 5.41) is 19.3. The van der Waals surface area contributed by atoms with Gasteiger partial charge >= 0.3 is 0 Å². The second-order valence-corrected chi connectivity index (χ2v) is 4.28. The molecule has 0 radical (unpaired) electrons. The molecule has 0 fully saturated rings. The van der Waals surface area contributed by atoms with Crippen molar-refractivity contribution in [3.05, 3.63) is 29.6 Å². The van der Waals surface area contributed by atoms with E-state index in [1.165, 1.54) is 5.56 Å². The molecule has 1 aromatic rings. The maximum absolute atomic E-state index is 9.91. The molecule has 1 aliphatic rings. The van der Waals surface area contributed by atoms with Gasteiger partial charge in [0.1, 0.15) is 0 Å². The van der Waals surface area contributed by atoms with E-state index in [1.54, 1.807) is 13.1 Å². The van der Waals surface area contributed by atoms with Crippen LogP contribution in [0.5, 0.6) is 0 Å². The van der Waals surface area contributed by atoms with Gasteiger partial charge in [-0.2, -0.15) is 0 Å². The Labute approximate surface area is 89.8 Å². The van der Waals surface area contributed by atoms with Crippen LogP contribution in [0, 0.1) is 0 Å². The maximum Gasteiger partial charge on any atom is 0.0879 e. The molecule has 3 nitrogen and oxygen atoms in total. The van der Waals surface area contributed by atoms with Crippen molar-refractivity contribution in [2.45, 2.75) is 44.3 Å². The Morgan fingerprint density at radius 1 is 1.47 bits per heavy atom. The van der Waals surface area contributed by atoms with Gasteiger partial charge in [-0.05, 0) is 37.8 Å². The summed E-state index contributed by atoms with van der Waals surface area (Å²) in [6.45, 7) is 1.63. The number of hydrogen-bond donors (Lipinski definition) is 2. The first kappa shape index (κ1) is 10.6. The monoisotopic (exact) mass is 207 g/mol. The van der Waals surface area contributed by atoms with Crippen molar-refractivity contribution in [1.29, 1.82) is 0 Å². The normalized spacial score (nSPS) is 24.3. The fraction of sp³-hybridized carbons (Fsp3) is 0.583. The highest BCUT2D eigenvalue weighted by Crippen LogP contribution is 2.33. The van der Waals surface area contributed by atoms with Gasteiger partial charge < -0.3 is 10.2 Å². The number of aromatic nitrogens is 1. The summed E-state index contributed by atoms with van der Waals surface area (Å²) in [5.74, 6) is -0.00468. The molecule has 0 saturated carbocycles. The number of fused-ring (bicyclic) bond motifs is 1. The molecule has 3 atom stereocenters. The van der Waals surface area contributed by atoms with Crippen molar-refractivity contribution in [1.82, 2.24) is 4.98 Å².